The number of likely N-dealkylation sites (N-methyl/N-ethyl adjacent to an activating group) is 1. The molecule has 1 aliphatic rings. The van der Waals surface area contributed by atoms with Crippen molar-refractivity contribution in [2.24, 2.45) is 0 Å². The van der Waals surface area contributed by atoms with Crippen LogP contribution in [0.4, 0.5) is 23.5 Å². The van der Waals surface area contributed by atoms with Crippen LogP contribution in [0.1, 0.15) is 12.0 Å². The molecule has 164 valence electrons. The van der Waals surface area contributed by atoms with Crippen molar-refractivity contribution in [3.05, 3.63) is 36.3 Å². The highest BCUT2D eigenvalue weighted by molar-refractivity contribution is 5.81. The molecule has 0 saturated carbocycles. The number of carbonyl (C=O) groups is 1. The van der Waals surface area contributed by atoms with Gasteiger partial charge in [0.2, 0.25) is 5.95 Å². The minimum atomic E-state index is -4.60. The first-order chi connectivity index (χ1) is 14.8. The van der Waals surface area contributed by atoms with Gasteiger partial charge in [-0.3, -0.25) is 9.20 Å². The van der Waals surface area contributed by atoms with E-state index in [-0.39, 0.29) is 29.5 Å². The van der Waals surface area contributed by atoms with Crippen molar-refractivity contribution in [2.45, 2.75) is 24.8 Å². The van der Waals surface area contributed by atoms with Crippen LogP contribution in [0.3, 0.4) is 0 Å². The monoisotopic (exact) mass is 438 g/mol. The summed E-state index contributed by atoms with van der Waals surface area (Å²) in [5.41, 5.74) is -0.219. The Morgan fingerprint density at radius 1 is 1.26 bits per heavy atom. The lowest BCUT2D eigenvalue weighted by atomic mass is 10.1. The van der Waals surface area contributed by atoms with Crippen LogP contribution in [-0.2, 0) is 11.0 Å². The van der Waals surface area contributed by atoms with Crippen molar-refractivity contribution < 1.29 is 27.1 Å². The number of aromatic nitrogens is 4. The molecular weight excluding hydrogens is 420 g/mol. The van der Waals surface area contributed by atoms with Gasteiger partial charge in [0.1, 0.15) is 23.9 Å². The zero-order valence-electron chi connectivity index (χ0n) is 16.3. The Balaban J connectivity index is 1.73. The van der Waals surface area contributed by atoms with Crippen LogP contribution < -0.4 is 10.1 Å². The largest absolute Gasteiger partial charge is 0.428 e. The summed E-state index contributed by atoms with van der Waals surface area (Å²) in [6, 6.07) is 2.55. The molecule has 1 saturated heterocycles. The Morgan fingerprint density at radius 3 is 2.77 bits per heavy atom. The topological polar surface area (TPSA) is 84.6 Å². The van der Waals surface area contributed by atoms with Gasteiger partial charge in [0, 0.05) is 31.1 Å². The molecule has 1 aromatic carbocycles. The van der Waals surface area contributed by atoms with E-state index in [2.05, 4.69) is 20.5 Å². The van der Waals surface area contributed by atoms with Gasteiger partial charge in [-0.2, -0.15) is 13.2 Å². The van der Waals surface area contributed by atoms with Crippen LogP contribution in [-0.4, -0.2) is 63.3 Å². The van der Waals surface area contributed by atoms with Crippen LogP contribution >= 0.6 is 0 Å². The molecule has 2 aromatic heterocycles. The SMILES string of the molecule is CN1C[C@H](F)C[C@@H](Nc2nnc(-c3ccc(C(F)(F)F)cc3OC=O)c3cncn23)C1. The number of nitrogens with one attached hydrogen (secondary N) is 1. The van der Waals surface area contributed by atoms with E-state index in [4.69, 9.17) is 4.74 Å². The molecule has 2 atom stereocenters. The highest BCUT2D eigenvalue weighted by Crippen LogP contribution is 2.37. The molecule has 1 aliphatic heterocycles. The molecule has 31 heavy (non-hydrogen) atoms. The lowest BCUT2D eigenvalue weighted by molar-refractivity contribution is -0.138. The summed E-state index contributed by atoms with van der Waals surface area (Å²) < 4.78 is 59.4. The van der Waals surface area contributed by atoms with E-state index in [1.807, 2.05) is 11.9 Å². The van der Waals surface area contributed by atoms with Crippen molar-refractivity contribution in [1.82, 2.24) is 24.5 Å². The summed E-state index contributed by atoms with van der Waals surface area (Å²) in [5, 5.41) is 11.4. The van der Waals surface area contributed by atoms with Crippen molar-refractivity contribution in [3.8, 4) is 17.0 Å². The molecule has 1 N–H and O–H groups in total. The third-order valence-electron chi connectivity index (χ3n) is 5.01. The predicted molar refractivity (Wildman–Crippen MR) is 102 cm³/mol. The molecule has 0 spiro atoms. The summed E-state index contributed by atoms with van der Waals surface area (Å²) in [6.45, 7) is 1.01. The van der Waals surface area contributed by atoms with Gasteiger partial charge in [-0.1, -0.05) is 0 Å². The number of piperidine rings is 1. The summed E-state index contributed by atoms with van der Waals surface area (Å²) in [5.74, 6) is 0.00521. The van der Waals surface area contributed by atoms with Gasteiger partial charge >= 0.3 is 6.18 Å². The van der Waals surface area contributed by atoms with Crippen molar-refractivity contribution in [1.29, 1.82) is 0 Å². The first kappa shape index (κ1) is 21.0. The Hall–Kier alpha value is -3.28. The number of halogens is 4. The van der Waals surface area contributed by atoms with Crippen molar-refractivity contribution in [2.75, 3.05) is 25.5 Å². The molecule has 3 heterocycles. The average molecular weight is 438 g/mol. The van der Waals surface area contributed by atoms with E-state index in [9.17, 15) is 22.4 Å². The quantitative estimate of drug-likeness (QED) is 0.484. The van der Waals surface area contributed by atoms with Crippen LogP contribution in [0, 0.1) is 0 Å². The highest BCUT2D eigenvalue weighted by atomic mass is 19.4. The van der Waals surface area contributed by atoms with Gasteiger partial charge in [-0.05, 0) is 25.2 Å². The van der Waals surface area contributed by atoms with Crippen LogP contribution in [0.5, 0.6) is 5.75 Å². The maximum Gasteiger partial charge on any atom is 0.416 e. The maximum absolute atomic E-state index is 13.9. The molecule has 0 aliphatic carbocycles. The number of rotatable bonds is 5. The first-order valence-electron chi connectivity index (χ1n) is 9.36. The number of carbonyl (C=O) groups excluding carboxylic acids is 1. The number of ether oxygens (including phenoxy) is 1. The second-order valence-corrected chi connectivity index (χ2v) is 7.34. The molecule has 0 radical (unpaired) electrons. The Labute approximate surface area is 173 Å². The smallest absolute Gasteiger partial charge is 0.416 e. The molecule has 12 heteroatoms. The summed E-state index contributed by atoms with van der Waals surface area (Å²) in [7, 11) is 1.82. The Morgan fingerprint density at radius 2 is 2.06 bits per heavy atom. The van der Waals surface area contributed by atoms with Crippen molar-refractivity contribution in [3.63, 3.8) is 0 Å². The van der Waals surface area contributed by atoms with Gasteiger partial charge in [0.05, 0.1) is 17.3 Å². The molecule has 0 amide bonds. The number of alkyl halides is 4. The van der Waals surface area contributed by atoms with E-state index in [0.717, 1.165) is 18.2 Å². The summed E-state index contributed by atoms with van der Waals surface area (Å²) in [4.78, 5) is 16.8. The number of benzene rings is 1. The molecule has 0 bridgehead atoms. The number of anilines is 1. The number of likely N-dealkylation sites (tertiary alicyclic amines) is 1. The number of fused-ring (bicyclic) bond motifs is 1. The predicted octanol–water partition coefficient (Wildman–Crippen LogP) is 2.80. The minimum Gasteiger partial charge on any atom is -0.428 e. The van der Waals surface area contributed by atoms with E-state index < -0.39 is 17.9 Å². The van der Waals surface area contributed by atoms with Gasteiger partial charge in [0.25, 0.3) is 6.47 Å². The number of nitrogens with zero attached hydrogens (tertiary/aromatic N) is 5. The number of hydrogen-bond acceptors (Lipinski definition) is 7. The Bertz CT molecular complexity index is 1090. The zero-order chi connectivity index (χ0) is 22.2. The van der Waals surface area contributed by atoms with E-state index in [0.29, 0.717) is 31.0 Å². The second-order valence-electron chi connectivity index (χ2n) is 7.34. The van der Waals surface area contributed by atoms with E-state index >= 15 is 0 Å². The minimum absolute atomic E-state index is 0.0445. The van der Waals surface area contributed by atoms with Gasteiger partial charge in [0.15, 0.2) is 0 Å². The molecular formula is C19H18F4N6O2. The molecule has 4 rings (SSSR count). The van der Waals surface area contributed by atoms with Gasteiger partial charge in [-0.15, -0.1) is 10.2 Å². The summed E-state index contributed by atoms with van der Waals surface area (Å²) in [6.07, 6.45) is -2.36. The first-order valence-corrected chi connectivity index (χ1v) is 9.36. The maximum atomic E-state index is 13.9. The lowest BCUT2D eigenvalue weighted by Gasteiger charge is -2.32. The van der Waals surface area contributed by atoms with Gasteiger partial charge < -0.3 is 15.0 Å². The van der Waals surface area contributed by atoms with Crippen LogP contribution in [0.25, 0.3) is 16.8 Å². The fraction of sp³-hybridized carbons (Fsp3) is 0.368. The van der Waals surface area contributed by atoms with E-state index in [1.54, 1.807) is 4.40 Å². The molecule has 1 fully saturated rings. The van der Waals surface area contributed by atoms with Crippen LogP contribution in [0.2, 0.25) is 0 Å². The normalized spacial score (nSPS) is 20.0. The fourth-order valence-corrected chi connectivity index (χ4v) is 3.70. The van der Waals surface area contributed by atoms with Gasteiger partial charge in [-0.25, -0.2) is 9.37 Å². The molecule has 0 unspecified atom stereocenters. The fourth-order valence-electron chi connectivity index (χ4n) is 3.70. The Kier molecular flexibility index (Phi) is 5.48. The average Bonchev–Trinajstić information content (AvgIpc) is 3.18. The third kappa shape index (κ3) is 4.29. The lowest BCUT2D eigenvalue weighted by Crippen LogP contribution is -2.45. The van der Waals surface area contributed by atoms with Crippen molar-refractivity contribution >= 4 is 17.9 Å². The molecule has 8 nitrogen and oxygen atoms in total. The standard InChI is InChI=1S/C19H18F4N6O2/c1-28-7-12(20)5-13(8-28)25-18-27-26-17(15-6-24-9-29(15)18)14-3-2-11(19(21,22)23)4-16(14)31-10-30/h2-4,6,9-10,12-13H,5,7-8H2,1H3,(H,25,27)/t12-,13-/m1/s1. The van der Waals surface area contributed by atoms with E-state index in [1.165, 1.54) is 12.5 Å². The second kappa shape index (κ2) is 8.10. The number of imidazole rings is 1. The molecule has 3 aromatic rings. The highest BCUT2D eigenvalue weighted by Gasteiger charge is 2.32. The van der Waals surface area contributed by atoms with Crippen LogP contribution in [0.15, 0.2) is 30.7 Å². The summed E-state index contributed by atoms with van der Waals surface area (Å²) >= 11 is 0. The zero-order valence-corrected chi connectivity index (χ0v) is 16.3. The number of hydrogen-bond donors (Lipinski definition) is 1. The third-order valence-corrected chi connectivity index (χ3v) is 5.01.